The van der Waals surface area contributed by atoms with E-state index in [4.69, 9.17) is 16.0 Å². The van der Waals surface area contributed by atoms with Gasteiger partial charge in [0.1, 0.15) is 5.76 Å². The van der Waals surface area contributed by atoms with Crippen molar-refractivity contribution in [3.63, 3.8) is 0 Å². The summed E-state index contributed by atoms with van der Waals surface area (Å²) in [6.45, 7) is 3.00. The molecule has 1 unspecified atom stereocenters. The summed E-state index contributed by atoms with van der Waals surface area (Å²) in [6, 6.07) is 10.0. The second kappa shape index (κ2) is 7.39. The topological polar surface area (TPSA) is 25.2 Å². The van der Waals surface area contributed by atoms with Crippen LogP contribution in [-0.4, -0.2) is 12.3 Å². The van der Waals surface area contributed by atoms with Gasteiger partial charge >= 0.3 is 0 Å². The Kier molecular flexibility index (Phi) is 5.82. The zero-order valence-electron chi connectivity index (χ0n) is 10.5. The van der Waals surface area contributed by atoms with Crippen molar-refractivity contribution in [3.8, 4) is 0 Å². The summed E-state index contributed by atoms with van der Waals surface area (Å²) in [6.07, 6.45) is 1.71. The van der Waals surface area contributed by atoms with Crippen molar-refractivity contribution in [2.24, 2.45) is 0 Å². The van der Waals surface area contributed by atoms with E-state index in [0.29, 0.717) is 0 Å². The van der Waals surface area contributed by atoms with Gasteiger partial charge in [0.15, 0.2) is 0 Å². The number of halogens is 2. The van der Waals surface area contributed by atoms with E-state index in [1.807, 2.05) is 30.3 Å². The van der Waals surface area contributed by atoms with E-state index in [9.17, 15) is 0 Å². The number of nitrogens with one attached hydrogen (secondary N) is 1. The normalized spacial score (nSPS) is 12.6. The molecule has 5 heteroatoms. The van der Waals surface area contributed by atoms with Gasteiger partial charge in [0.25, 0.3) is 0 Å². The Morgan fingerprint density at radius 2 is 2.05 bits per heavy atom. The molecule has 2 aromatic rings. The largest absolute Gasteiger partial charge is 0.466 e. The molecule has 0 radical (unpaired) electrons. The lowest BCUT2D eigenvalue weighted by molar-refractivity contribution is 0.438. The lowest BCUT2D eigenvalue weighted by Gasteiger charge is -2.15. The summed E-state index contributed by atoms with van der Waals surface area (Å²) in [7, 11) is 0. The van der Waals surface area contributed by atoms with Crippen LogP contribution in [0.2, 0.25) is 5.02 Å². The molecule has 1 aromatic carbocycles. The lowest BCUT2D eigenvalue weighted by Crippen LogP contribution is -2.22. The van der Waals surface area contributed by atoms with E-state index < -0.39 is 0 Å². The van der Waals surface area contributed by atoms with E-state index in [2.05, 4.69) is 28.2 Å². The molecule has 0 aliphatic heterocycles. The van der Waals surface area contributed by atoms with Crippen LogP contribution in [0.15, 0.2) is 50.4 Å². The number of thioether (sulfide) groups is 1. The molecule has 1 N–H and O–H groups in total. The summed E-state index contributed by atoms with van der Waals surface area (Å²) in [4.78, 5) is 1.20. The highest BCUT2D eigenvalue weighted by Gasteiger charge is 2.17. The highest BCUT2D eigenvalue weighted by Crippen LogP contribution is 2.30. The summed E-state index contributed by atoms with van der Waals surface area (Å²) in [5, 5.41) is 4.20. The third-order valence-corrected chi connectivity index (χ3v) is 4.65. The highest BCUT2D eigenvalue weighted by molar-refractivity contribution is 9.10. The van der Waals surface area contributed by atoms with Crippen LogP contribution in [-0.2, 0) is 0 Å². The zero-order chi connectivity index (χ0) is 13.7. The lowest BCUT2D eigenvalue weighted by atomic mass is 10.2. The van der Waals surface area contributed by atoms with Crippen LogP contribution in [0, 0.1) is 0 Å². The average molecular weight is 361 g/mol. The molecule has 0 saturated heterocycles. The quantitative estimate of drug-likeness (QED) is 0.722. The summed E-state index contributed by atoms with van der Waals surface area (Å²) >= 11 is 11.2. The van der Waals surface area contributed by atoms with Crippen molar-refractivity contribution in [2.75, 3.05) is 12.3 Å². The Hall–Kier alpha value is -0.420. The van der Waals surface area contributed by atoms with Crippen molar-refractivity contribution in [2.45, 2.75) is 17.9 Å². The van der Waals surface area contributed by atoms with E-state index >= 15 is 0 Å². The zero-order valence-corrected chi connectivity index (χ0v) is 13.7. The van der Waals surface area contributed by atoms with Crippen LogP contribution < -0.4 is 5.32 Å². The molecular formula is C14H15BrClNOS. The van der Waals surface area contributed by atoms with Crippen molar-refractivity contribution < 1.29 is 4.42 Å². The molecule has 2 rings (SSSR count). The fraction of sp³-hybridized carbons (Fsp3) is 0.286. The van der Waals surface area contributed by atoms with Crippen molar-refractivity contribution in [1.29, 1.82) is 0 Å². The molecule has 0 spiro atoms. The maximum Gasteiger partial charge on any atom is 0.135 e. The number of hydrogen-bond donors (Lipinski definition) is 1. The average Bonchev–Trinajstić information content (AvgIpc) is 2.83. The maximum atomic E-state index is 5.88. The Bertz CT molecular complexity index is 514. The van der Waals surface area contributed by atoms with Gasteiger partial charge in [-0.15, -0.1) is 11.8 Å². The monoisotopic (exact) mass is 359 g/mol. The predicted molar refractivity (Wildman–Crippen MR) is 85.0 cm³/mol. The molecule has 0 amide bonds. The summed E-state index contributed by atoms with van der Waals surface area (Å²) in [5.74, 6) is 1.85. The molecule has 0 fully saturated rings. The molecule has 0 aliphatic rings. The van der Waals surface area contributed by atoms with Crippen LogP contribution >= 0.6 is 39.3 Å². The Labute approximate surface area is 131 Å². The molecule has 2 nitrogen and oxygen atoms in total. The maximum absolute atomic E-state index is 5.88. The van der Waals surface area contributed by atoms with Gasteiger partial charge in [-0.2, -0.15) is 0 Å². The molecule has 19 heavy (non-hydrogen) atoms. The SMILES string of the molecule is CCNC(CSc1ccc(Cl)cc1)c1occc1Br. The first kappa shape index (κ1) is 15.0. The molecular weight excluding hydrogens is 346 g/mol. The smallest absolute Gasteiger partial charge is 0.135 e. The number of hydrogen-bond acceptors (Lipinski definition) is 3. The first-order valence-corrected chi connectivity index (χ1v) is 8.21. The predicted octanol–water partition coefficient (Wildman–Crippen LogP) is 5.14. The minimum Gasteiger partial charge on any atom is -0.466 e. The number of rotatable bonds is 6. The van der Waals surface area contributed by atoms with Crippen LogP contribution in [0.25, 0.3) is 0 Å². The molecule has 1 aromatic heterocycles. The van der Waals surface area contributed by atoms with Crippen LogP contribution in [0.3, 0.4) is 0 Å². The minimum absolute atomic E-state index is 0.190. The molecule has 0 saturated carbocycles. The minimum atomic E-state index is 0.190. The first-order chi connectivity index (χ1) is 9.20. The van der Waals surface area contributed by atoms with Crippen molar-refractivity contribution in [1.82, 2.24) is 5.32 Å². The van der Waals surface area contributed by atoms with E-state index in [1.165, 1.54) is 4.90 Å². The number of benzene rings is 1. The van der Waals surface area contributed by atoms with Crippen LogP contribution in [0.5, 0.6) is 0 Å². The highest BCUT2D eigenvalue weighted by atomic mass is 79.9. The number of furan rings is 1. The van der Waals surface area contributed by atoms with Crippen molar-refractivity contribution in [3.05, 3.63) is 51.9 Å². The molecule has 0 aliphatic carbocycles. The van der Waals surface area contributed by atoms with Crippen molar-refractivity contribution >= 4 is 39.3 Å². The van der Waals surface area contributed by atoms with E-state index in [1.54, 1.807) is 18.0 Å². The third-order valence-electron chi connectivity index (χ3n) is 2.64. The molecule has 1 atom stereocenters. The van der Waals surface area contributed by atoms with E-state index in [0.717, 1.165) is 27.6 Å². The molecule has 102 valence electrons. The van der Waals surface area contributed by atoms with Gasteiger partial charge in [0.2, 0.25) is 0 Å². The molecule has 0 bridgehead atoms. The third kappa shape index (κ3) is 4.28. The summed E-state index contributed by atoms with van der Waals surface area (Å²) < 4.78 is 6.55. The van der Waals surface area contributed by atoms with Gasteiger partial charge in [-0.3, -0.25) is 0 Å². The first-order valence-electron chi connectivity index (χ1n) is 6.05. The van der Waals surface area contributed by atoms with Gasteiger partial charge in [-0.05, 0) is 52.8 Å². The fourth-order valence-electron chi connectivity index (χ4n) is 1.74. The second-order valence-corrected chi connectivity index (χ2v) is 6.39. The Morgan fingerprint density at radius 3 is 2.63 bits per heavy atom. The van der Waals surface area contributed by atoms with Gasteiger partial charge in [0.05, 0.1) is 16.8 Å². The van der Waals surface area contributed by atoms with Gasteiger partial charge in [-0.25, -0.2) is 0 Å². The van der Waals surface area contributed by atoms with Gasteiger partial charge in [-0.1, -0.05) is 18.5 Å². The molecule has 1 heterocycles. The van der Waals surface area contributed by atoms with E-state index in [-0.39, 0.29) is 6.04 Å². The van der Waals surface area contributed by atoms with Gasteiger partial charge < -0.3 is 9.73 Å². The van der Waals surface area contributed by atoms with Gasteiger partial charge in [0, 0.05) is 15.7 Å². The second-order valence-electron chi connectivity index (χ2n) is 4.01. The standard InChI is InChI=1S/C14H15BrClNOS/c1-2-17-13(14-12(15)7-8-18-14)9-19-11-5-3-10(16)4-6-11/h3-8,13,17H,2,9H2,1H3. The van der Waals surface area contributed by atoms with Crippen LogP contribution in [0.1, 0.15) is 18.7 Å². The summed E-state index contributed by atoms with van der Waals surface area (Å²) in [5.41, 5.74) is 0. The Balaban J connectivity index is 2.01. The fourth-order valence-corrected chi connectivity index (χ4v) is 3.30. The van der Waals surface area contributed by atoms with Crippen LogP contribution in [0.4, 0.5) is 0 Å². The Morgan fingerprint density at radius 1 is 1.32 bits per heavy atom.